The maximum Gasteiger partial charge on any atom is 0.309 e. The van der Waals surface area contributed by atoms with E-state index < -0.39 is 11.6 Å². The van der Waals surface area contributed by atoms with Gasteiger partial charge >= 0.3 is 5.97 Å². The second kappa shape index (κ2) is 3.99. The van der Waals surface area contributed by atoms with Crippen molar-refractivity contribution in [3.8, 4) is 12.3 Å². The Labute approximate surface area is 66.4 Å². The van der Waals surface area contributed by atoms with Gasteiger partial charge in [-0.25, -0.2) is 0 Å². The predicted molar refractivity (Wildman–Crippen MR) is 40.7 cm³/mol. The molecule has 0 aliphatic carbocycles. The third-order valence-corrected chi connectivity index (χ3v) is 0.893. The van der Waals surface area contributed by atoms with Gasteiger partial charge in [-0.3, -0.25) is 4.79 Å². The number of ether oxygens (including phenoxy) is 1. The maximum absolute atomic E-state index is 10.7. The summed E-state index contributed by atoms with van der Waals surface area (Å²) in [6, 6.07) is 0. The number of rotatable bonds is 3. The van der Waals surface area contributed by atoms with E-state index in [0.717, 1.165) is 0 Å². The van der Waals surface area contributed by atoms with Gasteiger partial charge in [0.15, 0.2) is 6.61 Å². The fraction of sp³-hybridized carbons (Fsp3) is 0.625. The van der Waals surface area contributed by atoms with Gasteiger partial charge in [-0.1, -0.05) is 5.92 Å². The van der Waals surface area contributed by atoms with Crippen LogP contribution in [0.25, 0.3) is 0 Å². The van der Waals surface area contributed by atoms with Crippen LogP contribution in [0.4, 0.5) is 0 Å². The number of aliphatic hydroxyl groups is 1. The first-order valence-electron chi connectivity index (χ1n) is 3.27. The molecule has 0 saturated carbocycles. The average molecular weight is 156 g/mol. The first kappa shape index (κ1) is 9.99. The zero-order valence-corrected chi connectivity index (χ0v) is 6.76. The highest BCUT2D eigenvalue weighted by molar-refractivity contribution is 5.70. The minimum Gasteiger partial charge on any atom is -0.452 e. The zero-order valence-electron chi connectivity index (χ0n) is 6.76. The van der Waals surface area contributed by atoms with E-state index >= 15 is 0 Å². The topological polar surface area (TPSA) is 46.5 Å². The molecule has 0 radical (unpaired) electrons. The molecule has 0 rings (SSSR count). The van der Waals surface area contributed by atoms with E-state index in [1.807, 2.05) is 0 Å². The van der Waals surface area contributed by atoms with Crippen molar-refractivity contribution in [2.75, 3.05) is 6.61 Å². The monoisotopic (exact) mass is 156 g/mol. The van der Waals surface area contributed by atoms with E-state index in [4.69, 9.17) is 11.5 Å². The number of terminal acetylenes is 1. The lowest BCUT2D eigenvalue weighted by atomic mass is 10.1. The molecule has 0 aliphatic heterocycles. The summed E-state index contributed by atoms with van der Waals surface area (Å²) in [5, 5.41) is 9.13. The average Bonchev–Trinajstić information content (AvgIpc) is 1.79. The Kier molecular flexibility index (Phi) is 3.63. The third-order valence-electron chi connectivity index (χ3n) is 0.893. The summed E-state index contributed by atoms with van der Waals surface area (Å²) in [4.78, 5) is 10.7. The molecule has 0 unspecified atom stereocenters. The molecule has 0 spiro atoms. The van der Waals surface area contributed by atoms with Crippen LogP contribution in [0.2, 0.25) is 0 Å². The first-order valence-corrected chi connectivity index (χ1v) is 3.27. The third kappa shape index (κ3) is 6.88. The van der Waals surface area contributed by atoms with Crippen LogP contribution in [0, 0.1) is 12.3 Å². The molecular formula is C8H12O3. The van der Waals surface area contributed by atoms with Gasteiger partial charge in [0, 0.05) is 0 Å². The molecule has 0 atom stereocenters. The van der Waals surface area contributed by atoms with Gasteiger partial charge in [0.05, 0.1) is 12.0 Å². The van der Waals surface area contributed by atoms with Gasteiger partial charge in [-0.2, -0.15) is 0 Å². The van der Waals surface area contributed by atoms with E-state index in [0.29, 0.717) is 0 Å². The van der Waals surface area contributed by atoms with E-state index in [-0.39, 0.29) is 13.0 Å². The number of carbonyl (C=O) groups excluding carboxylic acids is 1. The molecule has 0 aromatic rings. The Balaban J connectivity index is 3.64. The summed E-state index contributed by atoms with van der Waals surface area (Å²) in [6.07, 6.45) is 4.82. The fourth-order valence-corrected chi connectivity index (χ4v) is 0.526. The molecule has 0 heterocycles. The molecule has 0 saturated heterocycles. The normalized spacial score (nSPS) is 10.4. The summed E-state index contributed by atoms with van der Waals surface area (Å²) in [5.74, 6) is 1.68. The lowest BCUT2D eigenvalue weighted by Crippen LogP contribution is -2.24. The lowest BCUT2D eigenvalue weighted by molar-refractivity contribution is -0.146. The Morgan fingerprint density at radius 1 is 1.73 bits per heavy atom. The number of hydrogen-bond donors (Lipinski definition) is 1. The van der Waals surface area contributed by atoms with Crippen LogP contribution in [0.3, 0.4) is 0 Å². The molecule has 11 heavy (non-hydrogen) atoms. The SMILES string of the molecule is C#CCOC(=O)CC(C)(C)O. The standard InChI is InChI=1S/C8H12O3/c1-4-5-11-7(9)6-8(2,3)10/h1,10H,5-6H2,2-3H3. The minimum absolute atomic E-state index is 0.0328. The van der Waals surface area contributed by atoms with Crippen LogP contribution in [0.15, 0.2) is 0 Å². The van der Waals surface area contributed by atoms with Gasteiger partial charge in [0.2, 0.25) is 0 Å². The van der Waals surface area contributed by atoms with Crippen LogP contribution < -0.4 is 0 Å². The van der Waals surface area contributed by atoms with Crippen molar-refractivity contribution in [1.29, 1.82) is 0 Å². The second-order valence-electron chi connectivity index (χ2n) is 2.85. The van der Waals surface area contributed by atoms with Crippen molar-refractivity contribution in [2.45, 2.75) is 25.9 Å². The summed E-state index contributed by atoms with van der Waals surface area (Å²) in [6.45, 7) is 3.03. The highest BCUT2D eigenvalue weighted by Crippen LogP contribution is 2.07. The van der Waals surface area contributed by atoms with Crippen LogP contribution in [0.5, 0.6) is 0 Å². The van der Waals surface area contributed by atoms with Crippen molar-refractivity contribution in [3.05, 3.63) is 0 Å². The van der Waals surface area contributed by atoms with Gasteiger partial charge in [0.1, 0.15) is 0 Å². The van der Waals surface area contributed by atoms with Crippen molar-refractivity contribution in [1.82, 2.24) is 0 Å². The Hall–Kier alpha value is -1.01. The van der Waals surface area contributed by atoms with Crippen LogP contribution in [0.1, 0.15) is 20.3 Å². The van der Waals surface area contributed by atoms with Crippen molar-refractivity contribution in [3.63, 3.8) is 0 Å². The molecule has 3 heteroatoms. The van der Waals surface area contributed by atoms with Gasteiger partial charge in [-0.15, -0.1) is 6.42 Å². The highest BCUT2D eigenvalue weighted by Gasteiger charge is 2.18. The van der Waals surface area contributed by atoms with Gasteiger partial charge in [-0.05, 0) is 13.8 Å². The van der Waals surface area contributed by atoms with Gasteiger partial charge < -0.3 is 9.84 Å². The molecule has 0 aliphatic rings. The summed E-state index contributed by atoms with van der Waals surface area (Å²) in [5.41, 5.74) is -1.02. The molecule has 0 bridgehead atoms. The summed E-state index contributed by atoms with van der Waals surface area (Å²) < 4.78 is 4.53. The van der Waals surface area contributed by atoms with Crippen LogP contribution in [-0.2, 0) is 9.53 Å². The molecule has 0 aromatic heterocycles. The Morgan fingerprint density at radius 2 is 2.27 bits per heavy atom. The lowest BCUT2D eigenvalue weighted by Gasteiger charge is -2.14. The van der Waals surface area contributed by atoms with E-state index in [9.17, 15) is 4.79 Å². The van der Waals surface area contributed by atoms with Crippen LogP contribution in [-0.4, -0.2) is 23.3 Å². The number of hydrogen-bond acceptors (Lipinski definition) is 3. The quantitative estimate of drug-likeness (QED) is 0.473. The largest absolute Gasteiger partial charge is 0.452 e. The highest BCUT2D eigenvalue weighted by atomic mass is 16.5. The number of esters is 1. The minimum atomic E-state index is -1.02. The van der Waals surface area contributed by atoms with Crippen molar-refractivity contribution in [2.24, 2.45) is 0 Å². The van der Waals surface area contributed by atoms with E-state index in [1.165, 1.54) is 13.8 Å². The predicted octanol–water partition coefficient (Wildman–Crippen LogP) is 0.324. The molecule has 0 amide bonds. The maximum atomic E-state index is 10.7. The zero-order chi connectivity index (χ0) is 8.91. The number of carbonyl (C=O) groups is 1. The van der Waals surface area contributed by atoms with Gasteiger partial charge in [0.25, 0.3) is 0 Å². The Morgan fingerprint density at radius 3 is 2.64 bits per heavy atom. The fourth-order valence-electron chi connectivity index (χ4n) is 0.526. The van der Waals surface area contributed by atoms with Crippen molar-refractivity contribution >= 4 is 5.97 Å². The summed E-state index contributed by atoms with van der Waals surface area (Å²) >= 11 is 0. The second-order valence-corrected chi connectivity index (χ2v) is 2.85. The van der Waals surface area contributed by atoms with E-state index in [2.05, 4.69) is 10.7 Å². The molecule has 62 valence electrons. The molecule has 3 nitrogen and oxygen atoms in total. The molecule has 1 N–H and O–H groups in total. The smallest absolute Gasteiger partial charge is 0.309 e. The molecule has 0 fully saturated rings. The first-order chi connectivity index (χ1) is 4.95. The molecular weight excluding hydrogens is 144 g/mol. The van der Waals surface area contributed by atoms with Crippen LogP contribution >= 0.6 is 0 Å². The Bertz CT molecular complexity index is 171. The summed E-state index contributed by atoms with van der Waals surface area (Å²) in [7, 11) is 0. The van der Waals surface area contributed by atoms with E-state index in [1.54, 1.807) is 0 Å². The molecule has 0 aromatic carbocycles. The van der Waals surface area contributed by atoms with Crippen molar-refractivity contribution < 1.29 is 14.6 Å².